The highest BCUT2D eigenvalue weighted by molar-refractivity contribution is 6.03. The number of carbonyl (C=O) groups is 3. The minimum Gasteiger partial charge on any atom is -0.481 e. The highest BCUT2D eigenvalue weighted by Crippen LogP contribution is 2.44. The molecule has 2 aliphatic rings. The van der Waals surface area contributed by atoms with Gasteiger partial charge in [-0.15, -0.1) is 0 Å². The van der Waals surface area contributed by atoms with Gasteiger partial charge in [0.1, 0.15) is 11.9 Å². The van der Waals surface area contributed by atoms with Gasteiger partial charge < -0.3 is 30.3 Å². The summed E-state index contributed by atoms with van der Waals surface area (Å²) in [6, 6.07) is 10.6. The van der Waals surface area contributed by atoms with Crippen LogP contribution in [0.5, 0.6) is 5.75 Å². The van der Waals surface area contributed by atoms with Crippen LogP contribution in [0.2, 0.25) is 0 Å². The number of nitrogens with zero attached hydrogens (tertiary/aromatic N) is 2. The fourth-order valence-electron chi connectivity index (χ4n) is 4.47. The van der Waals surface area contributed by atoms with Gasteiger partial charge in [-0.2, -0.15) is 0 Å². The molecule has 0 saturated carbocycles. The predicted molar refractivity (Wildman–Crippen MR) is 147 cm³/mol. The Morgan fingerprint density at radius 1 is 0.921 bits per heavy atom. The number of carbonyl (C=O) groups excluding carboxylic acids is 2. The normalized spacial score (nSPS) is 15.5. The molecule has 1 atom stereocenters. The summed E-state index contributed by atoms with van der Waals surface area (Å²) >= 11 is 0. The van der Waals surface area contributed by atoms with Crippen molar-refractivity contribution in [2.75, 3.05) is 46.2 Å². The molecule has 2 aromatic carbocycles. The van der Waals surface area contributed by atoms with Gasteiger partial charge in [0.05, 0.1) is 5.56 Å². The van der Waals surface area contributed by atoms with Gasteiger partial charge in [0.2, 0.25) is 5.91 Å². The first-order chi connectivity index (χ1) is 18.1. The van der Waals surface area contributed by atoms with E-state index in [1.165, 1.54) is 13.0 Å². The Hall–Kier alpha value is -4.53. The second kappa shape index (κ2) is 10.8. The van der Waals surface area contributed by atoms with Crippen molar-refractivity contribution in [2.24, 2.45) is 0 Å². The van der Waals surface area contributed by atoms with Crippen LogP contribution in [0.1, 0.15) is 38.8 Å². The third-order valence-corrected chi connectivity index (χ3v) is 6.44. The van der Waals surface area contributed by atoms with E-state index < -0.39 is 18.0 Å². The summed E-state index contributed by atoms with van der Waals surface area (Å²) < 4.78 is 6.41. The lowest BCUT2D eigenvalue weighted by Gasteiger charge is -2.33. The zero-order chi connectivity index (χ0) is 27.6. The molecule has 0 spiro atoms. The van der Waals surface area contributed by atoms with Crippen LogP contribution < -0.4 is 20.3 Å². The molecule has 2 amide bonds. The molecule has 1 unspecified atom stereocenters. The predicted octanol–water partition coefficient (Wildman–Crippen LogP) is 2.89. The Bertz CT molecular complexity index is 1390. The molecule has 0 radical (unpaired) electrons. The molecule has 0 aromatic heterocycles. The third-order valence-electron chi connectivity index (χ3n) is 6.44. The molecule has 9 nitrogen and oxygen atoms in total. The summed E-state index contributed by atoms with van der Waals surface area (Å²) in [4.78, 5) is 40.2. The Kier molecular flexibility index (Phi) is 7.57. The second-order valence-corrected chi connectivity index (χ2v) is 9.57. The van der Waals surface area contributed by atoms with Gasteiger partial charge in [-0.3, -0.25) is 9.59 Å². The smallest absolute Gasteiger partial charge is 0.336 e. The first-order valence-corrected chi connectivity index (χ1v) is 12.3. The largest absolute Gasteiger partial charge is 0.481 e. The maximum Gasteiger partial charge on any atom is 0.336 e. The molecule has 1 aliphatic carbocycles. The van der Waals surface area contributed by atoms with E-state index in [1.54, 1.807) is 12.1 Å². The highest BCUT2D eigenvalue weighted by Gasteiger charge is 2.32. The van der Waals surface area contributed by atoms with Gasteiger partial charge in [-0.25, -0.2) is 4.79 Å². The van der Waals surface area contributed by atoms with Crippen LogP contribution in [0, 0.1) is 0 Å². The summed E-state index contributed by atoms with van der Waals surface area (Å²) in [5.41, 5.74) is 5.05. The Morgan fingerprint density at radius 3 is 2.29 bits per heavy atom. The number of rotatable bonds is 8. The van der Waals surface area contributed by atoms with E-state index >= 15 is 0 Å². The molecule has 4 rings (SSSR count). The third kappa shape index (κ3) is 5.41. The lowest BCUT2D eigenvalue weighted by Crippen LogP contribution is -2.33. The topological polar surface area (TPSA) is 111 Å². The number of hydrogen-bond donors (Lipinski definition) is 3. The first kappa shape index (κ1) is 26.5. The molecule has 38 heavy (non-hydrogen) atoms. The summed E-state index contributed by atoms with van der Waals surface area (Å²) in [6.07, 6.45) is 5.55. The van der Waals surface area contributed by atoms with Gasteiger partial charge in [-0.05, 0) is 42.0 Å². The van der Waals surface area contributed by atoms with Crippen LogP contribution in [-0.2, 0) is 4.79 Å². The Labute approximate surface area is 222 Å². The molecule has 0 fully saturated rings. The van der Waals surface area contributed by atoms with Crippen molar-refractivity contribution in [3.05, 3.63) is 88.2 Å². The zero-order valence-electron chi connectivity index (χ0n) is 22.2. The number of nitrogens with one attached hydrogen (secondary N) is 2. The molecular formula is C29H32N4O5. The van der Waals surface area contributed by atoms with Crippen molar-refractivity contribution in [3.63, 3.8) is 0 Å². The SMILES string of the molecule is CC(=O)NCCNC(=O)c1ccc(C2=C3C=CC(N(C)C)=CC3Oc3cc(N(C)C)ccc32)c(C(=O)O)c1. The quantitative estimate of drug-likeness (QED) is 0.463. The number of ether oxygens (including phenoxy) is 1. The Morgan fingerprint density at radius 2 is 1.63 bits per heavy atom. The molecule has 0 saturated heterocycles. The number of carboxylic acids is 1. The summed E-state index contributed by atoms with van der Waals surface area (Å²) in [5.74, 6) is -1.09. The maximum absolute atomic E-state index is 12.7. The number of allylic oxidation sites excluding steroid dienone is 1. The van der Waals surface area contributed by atoms with Crippen LogP contribution >= 0.6 is 0 Å². The average Bonchev–Trinajstić information content (AvgIpc) is 2.88. The van der Waals surface area contributed by atoms with Crippen molar-refractivity contribution >= 4 is 29.0 Å². The molecule has 1 aliphatic heterocycles. The van der Waals surface area contributed by atoms with E-state index in [2.05, 4.69) is 10.6 Å². The summed E-state index contributed by atoms with van der Waals surface area (Å²) in [5, 5.41) is 15.5. The van der Waals surface area contributed by atoms with E-state index in [-0.39, 0.29) is 30.1 Å². The number of anilines is 1. The minimum absolute atomic E-state index is 0.0149. The van der Waals surface area contributed by atoms with Crippen molar-refractivity contribution in [1.29, 1.82) is 0 Å². The van der Waals surface area contributed by atoms with Gasteiger partial charge in [-0.1, -0.05) is 12.1 Å². The average molecular weight is 517 g/mol. The van der Waals surface area contributed by atoms with Crippen molar-refractivity contribution in [3.8, 4) is 5.75 Å². The number of hydrogen-bond acceptors (Lipinski definition) is 6. The lowest BCUT2D eigenvalue weighted by molar-refractivity contribution is -0.118. The van der Waals surface area contributed by atoms with E-state index in [0.29, 0.717) is 11.3 Å². The molecule has 198 valence electrons. The van der Waals surface area contributed by atoms with Crippen LogP contribution in [0.15, 0.2) is 65.9 Å². The summed E-state index contributed by atoms with van der Waals surface area (Å²) in [6.45, 7) is 1.90. The number of amides is 2. The standard InChI is InChI=1S/C29H32N4O5/c1-17(34)30-12-13-31-28(35)18-6-9-21(24(14-18)29(36)37)27-22-10-7-19(32(2)3)15-25(22)38-26-16-20(33(4)5)8-11-23(26)27/h6-11,14-16,25H,12-13H2,1-5H3,(H,30,34)(H,31,35)(H,36,37). The van der Waals surface area contributed by atoms with Gasteiger partial charge >= 0.3 is 5.97 Å². The number of likely N-dealkylation sites (N-methyl/N-ethyl adjacent to an activating group) is 1. The molecule has 2 aromatic rings. The van der Waals surface area contributed by atoms with Gasteiger partial charge in [0, 0.05) is 87.9 Å². The van der Waals surface area contributed by atoms with Crippen LogP contribution in [-0.4, -0.2) is 75.2 Å². The maximum atomic E-state index is 12.7. The number of carboxylic acid groups (broad SMARTS) is 1. The van der Waals surface area contributed by atoms with Gasteiger partial charge in [0.25, 0.3) is 5.91 Å². The molecule has 1 heterocycles. The van der Waals surface area contributed by atoms with Crippen molar-refractivity contribution in [1.82, 2.24) is 15.5 Å². The van der Waals surface area contributed by atoms with Crippen LogP contribution in [0.3, 0.4) is 0 Å². The Balaban J connectivity index is 1.80. The number of aromatic carboxylic acids is 1. The van der Waals surface area contributed by atoms with E-state index in [4.69, 9.17) is 4.74 Å². The van der Waals surface area contributed by atoms with E-state index in [1.807, 2.05) is 74.4 Å². The van der Waals surface area contributed by atoms with Crippen molar-refractivity contribution < 1.29 is 24.2 Å². The van der Waals surface area contributed by atoms with Gasteiger partial charge in [0.15, 0.2) is 0 Å². The van der Waals surface area contributed by atoms with Crippen LogP contribution in [0.4, 0.5) is 5.69 Å². The minimum atomic E-state index is -1.14. The first-order valence-electron chi connectivity index (χ1n) is 12.3. The lowest BCUT2D eigenvalue weighted by atomic mass is 9.83. The van der Waals surface area contributed by atoms with E-state index in [0.717, 1.165) is 28.1 Å². The summed E-state index contributed by atoms with van der Waals surface area (Å²) in [7, 11) is 7.80. The monoisotopic (exact) mass is 516 g/mol. The number of fused-ring (bicyclic) bond motifs is 2. The molecular weight excluding hydrogens is 484 g/mol. The molecule has 3 N–H and O–H groups in total. The van der Waals surface area contributed by atoms with E-state index in [9.17, 15) is 19.5 Å². The second-order valence-electron chi connectivity index (χ2n) is 9.57. The van der Waals surface area contributed by atoms with Crippen LogP contribution in [0.25, 0.3) is 5.57 Å². The zero-order valence-corrected chi connectivity index (χ0v) is 22.2. The molecule has 0 bridgehead atoms. The fourth-order valence-corrected chi connectivity index (χ4v) is 4.47. The van der Waals surface area contributed by atoms with Crippen molar-refractivity contribution in [2.45, 2.75) is 13.0 Å². The highest BCUT2D eigenvalue weighted by atomic mass is 16.5. The molecule has 9 heteroatoms. The number of benzene rings is 2. The fraction of sp³-hybridized carbons (Fsp3) is 0.276.